The number of furan rings is 1. The summed E-state index contributed by atoms with van der Waals surface area (Å²) in [5, 5.41) is 7.24. The van der Waals surface area contributed by atoms with Crippen LogP contribution in [-0.4, -0.2) is 15.7 Å². The average molecular weight is 361 g/mol. The fourth-order valence-electron chi connectivity index (χ4n) is 2.76. The molecule has 27 heavy (non-hydrogen) atoms. The SMILES string of the molecule is Cc1ccc(-c2nn(-c3ccccc3)cc2C(=O)Nc2cccc(F)c2)o1. The number of halogens is 1. The second-order valence-corrected chi connectivity index (χ2v) is 6.05. The molecule has 134 valence electrons. The molecule has 0 saturated heterocycles. The number of para-hydroxylation sites is 1. The van der Waals surface area contributed by atoms with Gasteiger partial charge in [-0.1, -0.05) is 24.3 Å². The lowest BCUT2D eigenvalue weighted by Crippen LogP contribution is -2.12. The van der Waals surface area contributed by atoms with E-state index in [1.165, 1.54) is 18.2 Å². The second kappa shape index (κ2) is 6.92. The van der Waals surface area contributed by atoms with Gasteiger partial charge >= 0.3 is 0 Å². The highest BCUT2D eigenvalue weighted by molar-refractivity contribution is 6.07. The van der Waals surface area contributed by atoms with Crippen molar-refractivity contribution in [3.05, 3.63) is 90.1 Å². The molecule has 0 aliphatic heterocycles. The van der Waals surface area contributed by atoms with Crippen LogP contribution in [0.15, 0.2) is 77.3 Å². The number of amides is 1. The Labute approximate surface area is 155 Å². The molecule has 0 atom stereocenters. The minimum absolute atomic E-state index is 0.331. The molecule has 4 aromatic rings. The number of hydrogen-bond donors (Lipinski definition) is 1. The van der Waals surface area contributed by atoms with Crippen LogP contribution >= 0.6 is 0 Å². The molecule has 0 radical (unpaired) electrons. The molecule has 1 amide bonds. The first-order chi connectivity index (χ1) is 13.1. The van der Waals surface area contributed by atoms with Crippen LogP contribution in [0.25, 0.3) is 17.1 Å². The van der Waals surface area contributed by atoms with E-state index in [1.54, 1.807) is 23.0 Å². The highest BCUT2D eigenvalue weighted by Crippen LogP contribution is 2.26. The lowest BCUT2D eigenvalue weighted by molar-refractivity contribution is 0.102. The van der Waals surface area contributed by atoms with E-state index >= 15 is 0 Å². The van der Waals surface area contributed by atoms with Crippen molar-refractivity contribution in [2.45, 2.75) is 6.92 Å². The predicted octanol–water partition coefficient (Wildman–Crippen LogP) is 4.83. The van der Waals surface area contributed by atoms with E-state index in [-0.39, 0.29) is 0 Å². The quantitative estimate of drug-likeness (QED) is 0.566. The monoisotopic (exact) mass is 361 g/mol. The van der Waals surface area contributed by atoms with Gasteiger partial charge in [0.1, 0.15) is 17.3 Å². The normalized spacial score (nSPS) is 10.7. The number of rotatable bonds is 4. The zero-order valence-electron chi connectivity index (χ0n) is 14.5. The molecule has 6 heteroatoms. The van der Waals surface area contributed by atoms with E-state index in [2.05, 4.69) is 10.4 Å². The number of carbonyl (C=O) groups excluding carboxylic acids is 1. The van der Waals surface area contributed by atoms with Crippen LogP contribution in [0.1, 0.15) is 16.1 Å². The van der Waals surface area contributed by atoms with Gasteiger partial charge in [-0.05, 0) is 49.4 Å². The summed E-state index contributed by atoms with van der Waals surface area (Å²) in [4.78, 5) is 12.8. The topological polar surface area (TPSA) is 60.1 Å². The summed E-state index contributed by atoms with van der Waals surface area (Å²) in [6.45, 7) is 1.82. The summed E-state index contributed by atoms with van der Waals surface area (Å²) < 4.78 is 20.7. The number of aromatic nitrogens is 2. The largest absolute Gasteiger partial charge is 0.460 e. The molecule has 0 spiro atoms. The van der Waals surface area contributed by atoms with Gasteiger partial charge in [-0.15, -0.1) is 0 Å². The fraction of sp³-hybridized carbons (Fsp3) is 0.0476. The predicted molar refractivity (Wildman–Crippen MR) is 100 cm³/mol. The van der Waals surface area contributed by atoms with Crippen molar-refractivity contribution < 1.29 is 13.6 Å². The van der Waals surface area contributed by atoms with Crippen LogP contribution in [0.5, 0.6) is 0 Å². The standard InChI is InChI=1S/C21H16FN3O2/c1-14-10-11-19(27-14)20-18(13-25(24-20)17-8-3-2-4-9-17)21(26)23-16-7-5-6-15(22)12-16/h2-13H,1H3,(H,23,26). The Morgan fingerprint density at radius 3 is 2.59 bits per heavy atom. The molecule has 2 aromatic heterocycles. The van der Waals surface area contributed by atoms with Crippen molar-refractivity contribution in [3.8, 4) is 17.1 Å². The van der Waals surface area contributed by atoms with Gasteiger partial charge in [-0.25, -0.2) is 9.07 Å². The summed E-state index contributed by atoms with van der Waals surface area (Å²) in [7, 11) is 0. The molecule has 0 saturated carbocycles. The van der Waals surface area contributed by atoms with Crippen LogP contribution in [0, 0.1) is 12.7 Å². The van der Waals surface area contributed by atoms with Gasteiger partial charge < -0.3 is 9.73 Å². The molecule has 4 rings (SSSR count). The number of anilines is 1. The minimum atomic E-state index is -0.422. The Bertz CT molecular complexity index is 1100. The number of carbonyl (C=O) groups is 1. The Morgan fingerprint density at radius 1 is 1.07 bits per heavy atom. The van der Waals surface area contributed by atoms with Crippen LogP contribution < -0.4 is 5.32 Å². The molecule has 2 heterocycles. The molecule has 0 fully saturated rings. The zero-order chi connectivity index (χ0) is 18.8. The maximum atomic E-state index is 13.4. The summed E-state index contributed by atoms with van der Waals surface area (Å²) in [5.74, 6) is 0.392. The van der Waals surface area contributed by atoms with Crippen LogP contribution in [0.2, 0.25) is 0 Å². The molecule has 0 unspecified atom stereocenters. The van der Waals surface area contributed by atoms with Crippen molar-refractivity contribution in [1.29, 1.82) is 0 Å². The third-order valence-electron chi connectivity index (χ3n) is 4.04. The first kappa shape index (κ1) is 16.8. The van der Waals surface area contributed by atoms with Crippen LogP contribution in [-0.2, 0) is 0 Å². The van der Waals surface area contributed by atoms with Crippen molar-refractivity contribution in [3.63, 3.8) is 0 Å². The Hall–Kier alpha value is -3.67. The smallest absolute Gasteiger partial charge is 0.259 e. The van der Waals surface area contributed by atoms with Gasteiger partial charge in [0.25, 0.3) is 5.91 Å². The van der Waals surface area contributed by atoms with E-state index < -0.39 is 11.7 Å². The number of hydrogen-bond acceptors (Lipinski definition) is 3. The molecule has 0 aliphatic carbocycles. The van der Waals surface area contributed by atoms with Gasteiger partial charge in [0, 0.05) is 11.9 Å². The maximum Gasteiger partial charge on any atom is 0.259 e. The van der Waals surface area contributed by atoms with Crippen molar-refractivity contribution in [2.75, 3.05) is 5.32 Å². The summed E-state index contributed by atoms with van der Waals surface area (Å²) in [5.41, 5.74) is 1.93. The number of benzene rings is 2. The van der Waals surface area contributed by atoms with E-state index in [0.717, 1.165) is 11.4 Å². The lowest BCUT2D eigenvalue weighted by Gasteiger charge is -2.04. The number of nitrogens with one attached hydrogen (secondary N) is 1. The fourth-order valence-corrected chi connectivity index (χ4v) is 2.76. The zero-order valence-corrected chi connectivity index (χ0v) is 14.5. The molecular weight excluding hydrogens is 345 g/mol. The summed E-state index contributed by atoms with van der Waals surface area (Å²) in [6, 6.07) is 18.8. The van der Waals surface area contributed by atoms with Gasteiger partial charge in [0.05, 0.1) is 11.3 Å². The molecule has 1 N–H and O–H groups in total. The first-order valence-corrected chi connectivity index (χ1v) is 8.39. The van der Waals surface area contributed by atoms with Crippen molar-refractivity contribution in [1.82, 2.24) is 9.78 Å². The van der Waals surface area contributed by atoms with Gasteiger partial charge in [-0.2, -0.15) is 5.10 Å². The molecule has 0 bridgehead atoms. The second-order valence-electron chi connectivity index (χ2n) is 6.05. The highest BCUT2D eigenvalue weighted by atomic mass is 19.1. The van der Waals surface area contributed by atoms with Crippen molar-refractivity contribution >= 4 is 11.6 Å². The van der Waals surface area contributed by atoms with Crippen LogP contribution in [0.4, 0.5) is 10.1 Å². The molecule has 5 nitrogen and oxygen atoms in total. The van der Waals surface area contributed by atoms with E-state index in [4.69, 9.17) is 4.42 Å². The maximum absolute atomic E-state index is 13.4. The molecule has 0 aliphatic rings. The van der Waals surface area contributed by atoms with Crippen molar-refractivity contribution in [2.24, 2.45) is 0 Å². The Kier molecular flexibility index (Phi) is 4.30. The Balaban J connectivity index is 1.75. The van der Waals surface area contributed by atoms with Crippen LogP contribution in [0.3, 0.4) is 0 Å². The van der Waals surface area contributed by atoms with Gasteiger partial charge in [0.2, 0.25) is 0 Å². The van der Waals surface area contributed by atoms with Gasteiger partial charge in [0.15, 0.2) is 5.76 Å². The van der Waals surface area contributed by atoms with E-state index in [0.29, 0.717) is 22.7 Å². The third kappa shape index (κ3) is 3.50. The summed E-state index contributed by atoms with van der Waals surface area (Å²) in [6.07, 6.45) is 1.64. The average Bonchev–Trinajstić information content (AvgIpc) is 3.29. The molecular formula is C21H16FN3O2. The third-order valence-corrected chi connectivity index (χ3v) is 4.04. The Morgan fingerprint density at radius 2 is 1.89 bits per heavy atom. The molecule has 2 aromatic carbocycles. The number of aryl methyl sites for hydroxylation is 1. The highest BCUT2D eigenvalue weighted by Gasteiger charge is 2.21. The van der Waals surface area contributed by atoms with E-state index in [9.17, 15) is 9.18 Å². The van der Waals surface area contributed by atoms with Gasteiger partial charge in [-0.3, -0.25) is 4.79 Å². The number of nitrogens with zero attached hydrogens (tertiary/aromatic N) is 2. The lowest BCUT2D eigenvalue weighted by atomic mass is 10.2. The first-order valence-electron chi connectivity index (χ1n) is 8.39. The van der Waals surface area contributed by atoms with E-state index in [1.807, 2.05) is 43.3 Å². The summed E-state index contributed by atoms with van der Waals surface area (Å²) >= 11 is 0. The minimum Gasteiger partial charge on any atom is -0.460 e.